The van der Waals surface area contributed by atoms with E-state index in [1.165, 1.54) is 12.1 Å². The van der Waals surface area contributed by atoms with Crippen LogP contribution in [0.3, 0.4) is 0 Å². The van der Waals surface area contributed by atoms with Crippen LogP contribution in [0.25, 0.3) is 0 Å². The monoisotopic (exact) mass is 277 g/mol. The van der Waals surface area contributed by atoms with E-state index in [0.717, 1.165) is 11.6 Å². The second-order valence-electron chi connectivity index (χ2n) is 4.28. The van der Waals surface area contributed by atoms with E-state index in [2.05, 4.69) is 0 Å². The smallest absolute Gasteiger partial charge is 0.182 e. The lowest BCUT2D eigenvalue weighted by atomic mass is 9.98. The molecule has 0 aliphatic carbocycles. The summed E-state index contributed by atoms with van der Waals surface area (Å²) in [5.41, 5.74) is 6.76. The quantitative estimate of drug-likeness (QED) is 0.872. The number of Topliss-reactive ketones (excluding diaryl/α,β-unsaturated/α-hetero) is 1. The first kappa shape index (κ1) is 13.7. The molecule has 0 aliphatic heterocycles. The van der Waals surface area contributed by atoms with Gasteiger partial charge in [-0.15, -0.1) is 0 Å². The van der Waals surface area contributed by atoms with Crippen LogP contribution in [-0.2, 0) is 6.42 Å². The summed E-state index contributed by atoms with van der Waals surface area (Å²) < 4.78 is 13.6. The molecule has 0 heterocycles. The van der Waals surface area contributed by atoms with Gasteiger partial charge in [0, 0.05) is 5.02 Å². The van der Waals surface area contributed by atoms with Crippen molar-refractivity contribution in [3.8, 4) is 0 Å². The first-order valence-corrected chi connectivity index (χ1v) is 6.24. The Bertz CT molecular complexity index is 586. The molecule has 19 heavy (non-hydrogen) atoms. The van der Waals surface area contributed by atoms with E-state index in [1.54, 1.807) is 0 Å². The van der Waals surface area contributed by atoms with Crippen molar-refractivity contribution in [2.75, 3.05) is 0 Å². The van der Waals surface area contributed by atoms with Crippen LogP contribution in [0.1, 0.15) is 15.9 Å². The zero-order valence-electron chi connectivity index (χ0n) is 10.1. The number of rotatable bonds is 4. The highest BCUT2D eigenvalue weighted by Gasteiger charge is 2.19. The predicted molar refractivity (Wildman–Crippen MR) is 73.9 cm³/mol. The number of halogens is 2. The van der Waals surface area contributed by atoms with E-state index in [-0.39, 0.29) is 10.6 Å². The number of carbonyl (C=O) groups excluding carboxylic acids is 1. The summed E-state index contributed by atoms with van der Waals surface area (Å²) in [6, 6.07) is 12.6. The Morgan fingerprint density at radius 3 is 2.53 bits per heavy atom. The molecule has 2 N–H and O–H groups in total. The molecule has 0 radical (unpaired) electrons. The number of carbonyl (C=O) groups is 1. The fourth-order valence-electron chi connectivity index (χ4n) is 1.85. The molecule has 4 heteroatoms. The third-order valence-electron chi connectivity index (χ3n) is 2.83. The van der Waals surface area contributed by atoms with Crippen molar-refractivity contribution in [2.45, 2.75) is 12.5 Å². The molecule has 0 fully saturated rings. The summed E-state index contributed by atoms with van der Waals surface area (Å²) in [5, 5.41) is 0.255. The van der Waals surface area contributed by atoms with E-state index in [0.29, 0.717) is 6.42 Å². The third-order valence-corrected chi connectivity index (χ3v) is 3.07. The summed E-state index contributed by atoms with van der Waals surface area (Å²) in [6.07, 6.45) is 0.377. The Hall–Kier alpha value is -1.71. The molecule has 2 aromatic carbocycles. The molecule has 0 spiro atoms. The Labute approximate surface area is 116 Å². The standard InChI is InChI=1S/C15H13ClFNO/c16-11-6-7-12(13(17)9-11)15(19)14(18)8-10-4-2-1-3-5-10/h1-7,9,14H,8,18H2. The van der Waals surface area contributed by atoms with Gasteiger partial charge in [0.2, 0.25) is 0 Å². The lowest BCUT2D eigenvalue weighted by Crippen LogP contribution is -2.33. The lowest BCUT2D eigenvalue weighted by Gasteiger charge is -2.11. The maximum absolute atomic E-state index is 13.6. The molecule has 2 nitrogen and oxygen atoms in total. The zero-order chi connectivity index (χ0) is 13.8. The molecule has 0 aromatic heterocycles. The number of ketones is 1. The number of hydrogen-bond acceptors (Lipinski definition) is 2. The molecule has 2 aromatic rings. The summed E-state index contributed by atoms with van der Waals surface area (Å²) in [6.45, 7) is 0. The SMILES string of the molecule is NC(Cc1ccccc1)C(=O)c1ccc(Cl)cc1F. The van der Waals surface area contributed by atoms with Gasteiger partial charge in [-0.3, -0.25) is 4.79 Å². The summed E-state index contributed by atoms with van der Waals surface area (Å²) >= 11 is 5.65. The Morgan fingerprint density at radius 1 is 1.21 bits per heavy atom. The summed E-state index contributed by atoms with van der Waals surface area (Å²) in [5.74, 6) is -1.06. The minimum absolute atomic E-state index is 0.0205. The Morgan fingerprint density at radius 2 is 1.89 bits per heavy atom. The van der Waals surface area contributed by atoms with Gasteiger partial charge in [0.1, 0.15) is 5.82 Å². The molecular weight excluding hydrogens is 265 g/mol. The van der Waals surface area contributed by atoms with E-state index >= 15 is 0 Å². The van der Waals surface area contributed by atoms with Gasteiger partial charge in [-0.2, -0.15) is 0 Å². The van der Waals surface area contributed by atoms with Crippen LogP contribution in [0.15, 0.2) is 48.5 Å². The molecular formula is C15H13ClFNO. The summed E-state index contributed by atoms with van der Waals surface area (Å²) in [7, 11) is 0. The normalized spacial score (nSPS) is 12.2. The van der Waals surface area contributed by atoms with E-state index < -0.39 is 17.6 Å². The van der Waals surface area contributed by atoms with Crippen molar-refractivity contribution in [2.24, 2.45) is 5.73 Å². The largest absolute Gasteiger partial charge is 0.321 e. The van der Waals surface area contributed by atoms with Crippen molar-refractivity contribution in [3.05, 3.63) is 70.5 Å². The Kier molecular flexibility index (Phi) is 4.30. The van der Waals surface area contributed by atoms with Gasteiger partial charge in [0.25, 0.3) is 0 Å². The molecule has 98 valence electrons. The maximum atomic E-state index is 13.6. The lowest BCUT2D eigenvalue weighted by molar-refractivity contribution is 0.0957. The molecule has 0 amide bonds. The third kappa shape index (κ3) is 3.40. The number of hydrogen-bond donors (Lipinski definition) is 1. The molecule has 0 saturated heterocycles. The predicted octanol–water partition coefficient (Wildman–Crippen LogP) is 3.23. The van der Waals surface area contributed by atoms with Crippen LogP contribution in [-0.4, -0.2) is 11.8 Å². The minimum Gasteiger partial charge on any atom is -0.321 e. The number of nitrogens with two attached hydrogens (primary N) is 1. The van der Waals surface area contributed by atoms with Gasteiger partial charge in [-0.1, -0.05) is 41.9 Å². The van der Waals surface area contributed by atoms with Crippen molar-refractivity contribution in [1.82, 2.24) is 0 Å². The van der Waals surface area contributed by atoms with Crippen LogP contribution in [0, 0.1) is 5.82 Å². The fourth-order valence-corrected chi connectivity index (χ4v) is 2.01. The molecule has 0 aliphatic rings. The van der Waals surface area contributed by atoms with Gasteiger partial charge in [0.05, 0.1) is 11.6 Å². The van der Waals surface area contributed by atoms with Crippen LogP contribution in [0.2, 0.25) is 5.02 Å². The first-order valence-electron chi connectivity index (χ1n) is 5.86. The van der Waals surface area contributed by atoms with Crippen molar-refractivity contribution < 1.29 is 9.18 Å². The first-order chi connectivity index (χ1) is 9.08. The fraction of sp³-hybridized carbons (Fsp3) is 0.133. The average Bonchev–Trinajstić information content (AvgIpc) is 2.39. The second kappa shape index (κ2) is 5.95. The van der Waals surface area contributed by atoms with Gasteiger partial charge in [-0.05, 0) is 30.2 Å². The highest BCUT2D eigenvalue weighted by molar-refractivity contribution is 6.30. The van der Waals surface area contributed by atoms with Crippen LogP contribution < -0.4 is 5.73 Å². The van der Waals surface area contributed by atoms with E-state index in [1.807, 2.05) is 30.3 Å². The van der Waals surface area contributed by atoms with Crippen LogP contribution in [0.4, 0.5) is 4.39 Å². The van der Waals surface area contributed by atoms with Crippen LogP contribution >= 0.6 is 11.6 Å². The highest BCUT2D eigenvalue weighted by atomic mass is 35.5. The van der Waals surface area contributed by atoms with E-state index in [4.69, 9.17) is 17.3 Å². The number of benzene rings is 2. The maximum Gasteiger partial charge on any atom is 0.182 e. The van der Waals surface area contributed by atoms with Crippen molar-refractivity contribution in [3.63, 3.8) is 0 Å². The molecule has 1 atom stereocenters. The topological polar surface area (TPSA) is 43.1 Å². The Balaban J connectivity index is 2.15. The molecule has 1 unspecified atom stereocenters. The minimum atomic E-state index is -0.766. The van der Waals surface area contributed by atoms with Crippen molar-refractivity contribution in [1.29, 1.82) is 0 Å². The molecule has 2 rings (SSSR count). The second-order valence-corrected chi connectivity index (χ2v) is 4.72. The summed E-state index contributed by atoms with van der Waals surface area (Å²) in [4.78, 5) is 12.1. The van der Waals surface area contributed by atoms with Gasteiger partial charge < -0.3 is 5.73 Å². The molecule has 0 bridgehead atoms. The zero-order valence-corrected chi connectivity index (χ0v) is 10.9. The average molecular weight is 278 g/mol. The van der Waals surface area contributed by atoms with Crippen LogP contribution in [0.5, 0.6) is 0 Å². The van der Waals surface area contributed by atoms with Gasteiger partial charge >= 0.3 is 0 Å². The van der Waals surface area contributed by atoms with Gasteiger partial charge in [0.15, 0.2) is 5.78 Å². The van der Waals surface area contributed by atoms with Gasteiger partial charge in [-0.25, -0.2) is 4.39 Å². The molecule has 0 saturated carbocycles. The van der Waals surface area contributed by atoms with Crippen molar-refractivity contribution >= 4 is 17.4 Å². The highest BCUT2D eigenvalue weighted by Crippen LogP contribution is 2.16. The van der Waals surface area contributed by atoms with E-state index in [9.17, 15) is 9.18 Å².